The number of halogens is 7. The molecular formula is C7H10Cl2F5O3P. The molecule has 0 saturated heterocycles. The van der Waals surface area contributed by atoms with Gasteiger partial charge in [0.25, 0.3) is 0 Å². The first-order chi connectivity index (χ1) is 7.87. The summed E-state index contributed by atoms with van der Waals surface area (Å²) in [5.74, 6) is 0. The molecule has 11 heteroatoms. The number of rotatable bonds is 6. The lowest BCUT2D eigenvalue weighted by molar-refractivity contribution is -0.182. The molecule has 0 N–H and O–H groups in total. The summed E-state index contributed by atoms with van der Waals surface area (Å²) in [5, 5.41) is -5.08. The highest BCUT2D eigenvalue weighted by molar-refractivity contribution is 7.58. The summed E-state index contributed by atoms with van der Waals surface area (Å²) >= 11 is 9.20. The van der Waals surface area contributed by atoms with Crippen molar-refractivity contribution in [2.75, 3.05) is 13.2 Å². The summed E-state index contributed by atoms with van der Waals surface area (Å²) in [5.41, 5.74) is 0. The normalized spacial score (nSPS) is 17.6. The van der Waals surface area contributed by atoms with Crippen LogP contribution in [0.1, 0.15) is 13.8 Å². The molecule has 0 amide bonds. The first-order valence-electron chi connectivity index (χ1n) is 4.59. The molecule has 0 bridgehead atoms. The highest BCUT2D eigenvalue weighted by Crippen LogP contribution is 2.73. The maximum absolute atomic E-state index is 13.0. The third kappa shape index (κ3) is 3.10. The highest BCUT2D eigenvalue weighted by Gasteiger charge is 2.79. The molecule has 0 aromatic heterocycles. The molecule has 0 aliphatic heterocycles. The van der Waals surface area contributed by atoms with Gasteiger partial charge in [-0.3, -0.25) is 4.57 Å². The van der Waals surface area contributed by atoms with E-state index < -0.39 is 37.0 Å². The number of alkyl halides is 7. The van der Waals surface area contributed by atoms with Crippen molar-refractivity contribution < 1.29 is 35.6 Å². The van der Waals surface area contributed by atoms with Gasteiger partial charge in [-0.15, -0.1) is 0 Å². The fourth-order valence-corrected chi connectivity index (χ4v) is 3.47. The van der Waals surface area contributed by atoms with Gasteiger partial charge in [0.05, 0.1) is 13.2 Å². The molecule has 0 heterocycles. The van der Waals surface area contributed by atoms with E-state index in [0.717, 1.165) is 13.8 Å². The standard InChI is InChI=1S/C7H10Cl2F5O3P/c1-3-16-18(15,17-4-2)5(8,6(9,10)11)7(12,13)14/h3-4H2,1-2H3. The Morgan fingerprint density at radius 3 is 1.50 bits per heavy atom. The minimum atomic E-state index is -5.81. The van der Waals surface area contributed by atoms with Crippen LogP contribution in [-0.2, 0) is 13.6 Å². The zero-order valence-corrected chi connectivity index (χ0v) is 11.6. The first-order valence-corrected chi connectivity index (χ1v) is 6.88. The smallest absolute Gasteiger partial charge is 0.307 e. The summed E-state index contributed by atoms with van der Waals surface area (Å²) in [4.78, 5) is 0. The van der Waals surface area contributed by atoms with Crippen LogP contribution in [0.5, 0.6) is 0 Å². The molecule has 0 fully saturated rings. The first kappa shape index (κ1) is 18.4. The lowest BCUT2D eigenvalue weighted by atomic mass is 10.4. The molecule has 0 radical (unpaired) electrons. The van der Waals surface area contributed by atoms with Crippen molar-refractivity contribution in [2.24, 2.45) is 0 Å². The van der Waals surface area contributed by atoms with Gasteiger partial charge in [0.15, 0.2) is 0 Å². The van der Waals surface area contributed by atoms with Crippen molar-refractivity contribution in [2.45, 2.75) is 30.0 Å². The second-order valence-electron chi connectivity index (χ2n) is 2.95. The summed E-state index contributed by atoms with van der Waals surface area (Å²) in [6.07, 6.45) is -5.81. The summed E-state index contributed by atoms with van der Waals surface area (Å²) in [6, 6.07) is 0. The van der Waals surface area contributed by atoms with Gasteiger partial charge in [0.1, 0.15) is 0 Å². The van der Waals surface area contributed by atoms with Crippen LogP contribution in [0.15, 0.2) is 0 Å². The van der Waals surface area contributed by atoms with Gasteiger partial charge < -0.3 is 9.05 Å². The molecule has 0 aliphatic carbocycles. The number of hydrogen-bond donors (Lipinski definition) is 0. The largest absolute Gasteiger partial charge is 0.426 e. The van der Waals surface area contributed by atoms with Gasteiger partial charge in [0.2, 0.25) is 0 Å². The molecule has 1 unspecified atom stereocenters. The fourth-order valence-electron chi connectivity index (χ4n) is 1.03. The van der Waals surface area contributed by atoms with E-state index in [1.165, 1.54) is 0 Å². The lowest BCUT2D eigenvalue weighted by Crippen LogP contribution is -2.52. The van der Waals surface area contributed by atoms with E-state index in [1.807, 2.05) is 0 Å². The zero-order chi connectivity index (χ0) is 14.8. The van der Waals surface area contributed by atoms with Crippen LogP contribution in [0, 0.1) is 0 Å². The lowest BCUT2D eigenvalue weighted by Gasteiger charge is -2.37. The molecule has 0 aromatic carbocycles. The molecule has 0 rings (SSSR count). The fraction of sp³-hybridized carbons (Fsp3) is 1.00. The van der Waals surface area contributed by atoms with E-state index in [2.05, 4.69) is 20.6 Å². The Morgan fingerprint density at radius 1 is 1.00 bits per heavy atom. The summed E-state index contributed by atoms with van der Waals surface area (Å²) in [6.45, 7) is 1.14. The molecule has 1 atom stereocenters. The quantitative estimate of drug-likeness (QED) is 0.404. The molecule has 3 nitrogen and oxygen atoms in total. The van der Waals surface area contributed by atoms with Gasteiger partial charge in [-0.2, -0.15) is 22.0 Å². The molecule has 18 heavy (non-hydrogen) atoms. The van der Waals surface area contributed by atoms with Gasteiger partial charge in [-0.25, -0.2) is 0 Å². The second-order valence-corrected chi connectivity index (χ2v) is 6.44. The summed E-state index contributed by atoms with van der Waals surface area (Å²) in [7, 11) is -5.43. The molecule has 0 aromatic rings. The van der Waals surface area contributed by atoms with Crippen LogP contribution in [0.25, 0.3) is 0 Å². The second kappa shape index (κ2) is 5.79. The van der Waals surface area contributed by atoms with Crippen LogP contribution >= 0.6 is 30.8 Å². The van der Waals surface area contributed by atoms with Crippen LogP contribution in [0.3, 0.4) is 0 Å². The minimum absolute atomic E-state index is 0.575. The van der Waals surface area contributed by atoms with Crippen LogP contribution in [0.2, 0.25) is 0 Å². The SMILES string of the molecule is CCOP(=O)(OCC)C(Cl)(C(F)(F)F)C(F)(F)Cl. The van der Waals surface area contributed by atoms with E-state index in [9.17, 15) is 26.5 Å². The zero-order valence-electron chi connectivity index (χ0n) is 9.23. The molecule has 0 aliphatic rings. The van der Waals surface area contributed by atoms with Crippen molar-refractivity contribution in [1.29, 1.82) is 0 Å². The van der Waals surface area contributed by atoms with E-state index in [0.29, 0.717) is 0 Å². The van der Waals surface area contributed by atoms with Crippen molar-refractivity contribution in [3.63, 3.8) is 0 Å². The Balaban J connectivity index is 5.92. The van der Waals surface area contributed by atoms with Crippen LogP contribution < -0.4 is 0 Å². The molecular weight excluding hydrogens is 329 g/mol. The predicted molar refractivity (Wildman–Crippen MR) is 56.3 cm³/mol. The van der Waals surface area contributed by atoms with Gasteiger partial charge >= 0.3 is 23.8 Å². The number of hydrogen-bond acceptors (Lipinski definition) is 3. The molecule has 110 valence electrons. The minimum Gasteiger partial charge on any atom is -0.307 e. The van der Waals surface area contributed by atoms with Gasteiger partial charge in [0, 0.05) is 0 Å². The van der Waals surface area contributed by atoms with E-state index in [-0.39, 0.29) is 0 Å². The van der Waals surface area contributed by atoms with Crippen molar-refractivity contribution in [3.8, 4) is 0 Å². The van der Waals surface area contributed by atoms with Crippen molar-refractivity contribution in [1.82, 2.24) is 0 Å². The van der Waals surface area contributed by atoms with E-state index in [1.54, 1.807) is 0 Å². The molecule has 0 saturated carbocycles. The van der Waals surface area contributed by atoms with Gasteiger partial charge in [-0.1, -0.05) is 11.6 Å². The maximum Gasteiger partial charge on any atom is 0.426 e. The highest BCUT2D eigenvalue weighted by atomic mass is 35.5. The topological polar surface area (TPSA) is 35.5 Å². The van der Waals surface area contributed by atoms with E-state index >= 15 is 0 Å². The van der Waals surface area contributed by atoms with E-state index in [4.69, 9.17) is 11.6 Å². The summed E-state index contributed by atoms with van der Waals surface area (Å²) < 4.78 is 79.7. The predicted octanol–water partition coefficient (Wildman–Crippen LogP) is 4.58. The van der Waals surface area contributed by atoms with Crippen LogP contribution in [-0.4, -0.2) is 29.4 Å². The monoisotopic (exact) mass is 338 g/mol. The Bertz CT molecular complexity index is 306. The maximum atomic E-state index is 13.0. The van der Waals surface area contributed by atoms with Crippen molar-refractivity contribution in [3.05, 3.63) is 0 Å². The van der Waals surface area contributed by atoms with Gasteiger partial charge in [-0.05, 0) is 25.4 Å². The third-order valence-corrected chi connectivity index (χ3v) is 5.80. The Labute approximate surface area is 110 Å². The Hall–Kier alpha value is 0.380. The average molecular weight is 339 g/mol. The third-order valence-electron chi connectivity index (χ3n) is 1.73. The molecule has 0 spiro atoms. The van der Waals surface area contributed by atoms with Crippen molar-refractivity contribution >= 4 is 30.8 Å². The average Bonchev–Trinajstić information content (AvgIpc) is 2.13. The Morgan fingerprint density at radius 2 is 1.33 bits per heavy atom. The Kier molecular flexibility index (Phi) is 5.91. The van der Waals surface area contributed by atoms with Crippen LogP contribution in [0.4, 0.5) is 22.0 Å².